The van der Waals surface area contributed by atoms with Crippen molar-refractivity contribution < 1.29 is 18.7 Å². The highest BCUT2D eigenvalue weighted by Gasteiger charge is 2.66. The van der Waals surface area contributed by atoms with E-state index >= 15 is 4.11 Å². The molecule has 1 fully saturated rings. The fourth-order valence-corrected chi connectivity index (χ4v) is 9.38. The predicted molar refractivity (Wildman–Crippen MR) is 167 cm³/mol. The summed E-state index contributed by atoms with van der Waals surface area (Å²) in [6.45, 7) is 12.7. The molecule has 2 aliphatic heterocycles. The van der Waals surface area contributed by atoms with Crippen LogP contribution in [0.5, 0.6) is 0 Å². The van der Waals surface area contributed by atoms with Gasteiger partial charge in [0.25, 0.3) is 5.91 Å². The summed E-state index contributed by atoms with van der Waals surface area (Å²) in [5.74, 6) is -0.413. The molecule has 1 amide bonds. The van der Waals surface area contributed by atoms with Crippen LogP contribution in [-0.2, 0) is 28.1 Å². The minimum absolute atomic E-state index is 0.00910. The van der Waals surface area contributed by atoms with Gasteiger partial charge in [-0.2, -0.15) is 0 Å². The summed E-state index contributed by atoms with van der Waals surface area (Å²) >= 11 is 2.27. The van der Waals surface area contributed by atoms with E-state index in [1.54, 1.807) is 17.8 Å². The number of carbonyl (C=O) groups excluding carboxylic acids is 1. The van der Waals surface area contributed by atoms with Crippen molar-refractivity contribution in [3.8, 4) is 0 Å². The molecular weight excluding hydrogens is 638 g/mol. The summed E-state index contributed by atoms with van der Waals surface area (Å²) in [7, 11) is -3.23. The summed E-state index contributed by atoms with van der Waals surface area (Å²) in [4.78, 5) is 16.2. The van der Waals surface area contributed by atoms with Crippen LogP contribution in [0.4, 0.5) is 9.80 Å². The third-order valence-electron chi connectivity index (χ3n) is 8.23. The summed E-state index contributed by atoms with van der Waals surface area (Å²) in [6.07, 6.45) is 8.63. The molecule has 1 saturated heterocycles. The second-order valence-electron chi connectivity index (χ2n) is 12.0. The molecule has 0 saturated carbocycles. The summed E-state index contributed by atoms with van der Waals surface area (Å²) in [5, 5.41) is 17.5. The van der Waals surface area contributed by atoms with Crippen LogP contribution < -0.4 is 4.90 Å². The zero-order chi connectivity index (χ0) is 29.2. The van der Waals surface area contributed by atoms with Crippen LogP contribution in [0.1, 0.15) is 58.2 Å². The van der Waals surface area contributed by atoms with Crippen molar-refractivity contribution in [3.63, 3.8) is 0 Å². The maximum absolute atomic E-state index is 16.0. The lowest BCUT2D eigenvalue weighted by Crippen LogP contribution is -2.45. The molecule has 3 heterocycles. The Morgan fingerprint density at radius 3 is 2.70 bits per heavy atom. The molecule has 1 aromatic heterocycles. The van der Waals surface area contributed by atoms with Crippen LogP contribution in [-0.4, -0.2) is 53.7 Å². The number of aliphatic hydroxyl groups is 1. The lowest BCUT2D eigenvalue weighted by atomic mass is 9.82. The molecule has 1 N–H and O–H groups in total. The first-order chi connectivity index (χ1) is 18.9. The van der Waals surface area contributed by atoms with Gasteiger partial charge in [-0.15, -0.1) is 5.10 Å². The van der Waals surface area contributed by atoms with Gasteiger partial charge in [-0.05, 0) is 93.9 Å². The summed E-state index contributed by atoms with van der Waals surface area (Å²) in [5.41, 5.74) is 3.39. The van der Waals surface area contributed by atoms with Crippen molar-refractivity contribution in [3.05, 3.63) is 62.5 Å². The molecule has 0 aliphatic carbocycles. The molecule has 10 heteroatoms. The molecule has 0 unspecified atom stereocenters. The van der Waals surface area contributed by atoms with Crippen molar-refractivity contribution >= 4 is 42.6 Å². The second kappa shape index (κ2) is 12.5. The van der Waals surface area contributed by atoms with Gasteiger partial charge in [0, 0.05) is 52.9 Å². The van der Waals surface area contributed by atoms with E-state index in [0.29, 0.717) is 31.6 Å². The molecule has 4 rings (SSSR count). The van der Waals surface area contributed by atoms with Crippen LogP contribution in [0.2, 0.25) is 18.6 Å². The summed E-state index contributed by atoms with van der Waals surface area (Å²) < 4.78 is 25.6. The number of fused-ring (bicyclic) bond motifs is 2. The number of anilines is 1. The largest absolute Gasteiger partial charge is 0.396 e. The molecule has 1 aromatic carbocycles. The molecule has 40 heavy (non-hydrogen) atoms. The molecule has 2 aromatic rings. The first-order valence-electron chi connectivity index (χ1n) is 14.2. The Kier molecular flexibility index (Phi) is 9.74. The number of aliphatic hydroxyl groups excluding tert-OH is 1. The van der Waals surface area contributed by atoms with Crippen LogP contribution in [0, 0.1) is 9.49 Å². The number of halogens is 2. The third-order valence-corrected chi connectivity index (χ3v) is 11.4. The number of nitrogens with zero attached hydrogens (tertiary/aromatic N) is 4. The fourth-order valence-electron chi connectivity index (χ4n) is 6.34. The number of ether oxygens (including phenoxy) is 1. The van der Waals surface area contributed by atoms with Gasteiger partial charge < -0.3 is 18.9 Å². The third kappa shape index (κ3) is 6.29. The first kappa shape index (κ1) is 31.1. The van der Waals surface area contributed by atoms with Gasteiger partial charge in [-0.25, -0.2) is 0 Å². The number of aryl methyl sites for hydroxylation is 1. The van der Waals surface area contributed by atoms with E-state index < -0.39 is 20.1 Å². The topological polar surface area (TPSA) is 80.5 Å². The van der Waals surface area contributed by atoms with Crippen molar-refractivity contribution in [2.45, 2.75) is 90.3 Å². The van der Waals surface area contributed by atoms with Crippen LogP contribution in [0.15, 0.2) is 47.7 Å². The first-order valence-corrected chi connectivity index (χ1v) is 18.2. The van der Waals surface area contributed by atoms with Crippen LogP contribution in [0.25, 0.3) is 0 Å². The zero-order valence-electron chi connectivity index (χ0n) is 24.5. The average molecular weight is 681 g/mol. The SMILES string of the molecule is CC(C)=CCC/C(C)=C/CN1C(=O)[C@]2(O[C@H](CCn3cc(CCO)nn3)[C@@H]([Si](C)(C)F)[C@@H]2C)c2cc(I)ccc21. The van der Waals surface area contributed by atoms with Crippen molar-refractivity contribution in [1.82, 2.24) is 15.0 Å². The van der Waals surface area contributed by atoms with Crippen molar-refractivity contribution in [1.29, 1.82) is 0 Å². The molecule has 7 nitrogen and oxygen atoms in total. The van der Waals surface area contributed by atoms with Gasteiger partial charge in [0.15, 0.2) is 5.60 Å². The quantitative estimate of drug-likeness (QED) is 0.130. The summed E-state index contributed by atoms with van der Waals surface area (Å²) in [6, 6.07) is 6.06. The smallest absolute Gasteiger partial charge is 0.264 e. The Bertz CT molecular complexity index is 1290. The number of aromatic nitrogens is 3. The lowest BCUT2D eigenvalue weighted by molar-refractivity contribution is -0.145. The van der Waals surface area contributed by atoms with Crippen molar-refractivity contribution in [2.24, 2.45) is 5.92 Å². The van der Waals surface area contributed by atoms with Gasteiger partial charge in [0.2, 0.25) is 8.41 Å². The normalized spacial score (nSPS) is 24.7. The number of rotatable bonds is 11. The Labute approximate surface area is 252 Å². The Hall–Kier alpha value is -1.89. The average Bonchev–Trinajstić information content (AvgIpc) is 3.51. The fraction of sp³-hybridized carbons (Fsp3) is 0.567. The molecule has 218 valence electrons. The molecular formula is C30H42FIN4O3Si. The standard InChI is InChI=1S/C30H42FIN4O3Si/c1-20(2)8-7-9-21(3)12-16-36-26-11-10-23(32)18-25(26)30(29(36)38)22(4)28(40(5,6)31)27(39-30)13-15-35-19-24(14-17-37)33-34-35/h8,10-12,18-19,22,27-28,37H,7,9,13-17H2,1-6H3/b21-12+/t22-,27+,28-,30+/m0/s1. The highest BCUT2D eigenvalue weighted by molar-refractivity contribution is 14.1. The molecule has 2 aliphatic rings. The maximum atomic E-state index is 16.0. The van der Waals surface area contributed by atoms with E-state index in [-0.39, 0.29) is 24.0 Å². The number of amides is 1. The van der Waals surface area contributed by atoms with Gasteiger partial charge >= 0.3 is 0 Å². The number of hydrogen-bond donors (Lipinski definition) is 1. The van der Waals surface area contributed by atoms with Crippen molar-refractivity contribution in [2.75, 3.05) is 18.1 Å². The van der Waals surface area contributed by atoms with Gasteiger partial charge in [0.05, 0.1) is 17.5 Å². The highest BCUT2D eigenvalue weighted by Crippen LogP contribution is 2.60. The highest BCUT2D eigenvalue weighted by atomic mass is 127. The second-order valence-corrected chi connectivity index (χ2v) is 17.0. The van der Waals surface area contributed by atoms with Gasteiger partial charge in [-0.1, -0.05) is 35.4 Å². The molecule has 1 spiro atoms. The van der Waals surface area contributed by atoms with Crippen LogP contribution in [0.3, 0.4) is 0 Å². The van der Waals surface area contributed by atoms with E-state index in [9.17, 15) is 9.90 Å². The molecule has 0 radical (unpaired) electrons. The van der Waals surface area contributed by atoms with E-state index in [1.165, 1.54) is 11.1 Å². The molecule has 4 atom stereocenters. The minimum atomic E-state index is -3.23. The van der Waals surface area contributed by atoms with Gasteiger partial charge in [-0.3, -0.25) is 9.48 Å². The zero-order valence-corrected chi connectivity index (χ0v) is 27.6. The molecule has 0 bridgehead atoms. The Morgan fingerprint density at radius 1 is 1.27 bits per heavy atom. The maximum Gasteiger partial charge on any atom is 0.264 e. The van der Waals surface area contributed by atoms with E-state index in [2.05, 4.69) is 65.8 Å². The monoisotopic (exact) mass is 680 g/mol. The van der Waals surface area contributed by atoms with Gasteiger partial charge in [0.1, 0.15) is 0 Å². The van der Waals surface area contributed by atoms with E-state index in [4.69, 9.17) is 4.74 Å². The van der Waals surface area contributed by atoms with E-state index in [0.717, 1.165) is 27.7 Å². The number of hydrogen-bond acceptors (Lipinski definition) is 5. The number of benzene rings is 1. The number of allylic oxidation sites excluding steroid dienone is 3. The Morgan fingerprint density at radius 2 is 2.02 bits per heavy atom. The predicted octanol–water partition coefficient (Wildman–Crippen LogP) is 6.32. The van der Waals surface area contributed by atoms with Crippen LogP contribution >= 0.6 is 22.6 Å². The number of carbonyl (C=O) groups is 1. The van der Waals surface area contributed by atoms with E-state index in [1.807, 2.05) is 36.2 Å². The Balaban J connectivity index is 1.64. The lowest BCUT2D eigenvalue weighted by Gasteiger charge is -2.31. The minimum Gasteiger partial charge on any atom is -0.396 e.